The van der Waals surface area contributed by atoms with Crippen LogP contribution in [0.25, 0.3) is 0 Å². The first-order valence-electron chi connectivity index (χ1n) is 6.26. The first kappa shape index (κ1) is 15.2. The monoisotopic (exact) mass is 267 g/mol. The van der Waals surface area contributed by atoms with Crippen molar-refractivity contribution in [3.63, 3.8) is 0 Å². The highest BCUT2D eigenvalue weighted by molar-refractivity contribution is 5.64. The van der Waals surface area contributed by atoms with Crippen molar-refractivity contribution in [3.8, 4) is 0 Å². The van der Waals surface area contributed by atoms with Gasteiger partial charge in [0, 0.05) is 50.3 Å². The van der Waals surface area contributed by atoms with Crippen LogP contribution in [0.5, 0.6) is 0 Å². The number of ether oxygens (including phenoxy) is 1. The molecule has 0 saturated carbocycles. The van der Waals surface area contributed by atoms with Gasteiger partial charge in [-0.3, -0.25) is 10.1 Å². The number of hydrogen-bond donors (Lipinski definition) is 1. The van der Waals surface area contributed by atoms with Crippen LogP contribution in [0.2, 0.25) is 0 Å². The molecule has 6 nitrogen and oxygen atoms in total. The maximum Gasteiger partial charge on any atom is 0.273 e. The van der Waals surface area contributed by atoms with Crippen LogP contribution in [0.1, 0.15) is 13.8 Å². The minimum Gasteiger partial charge on any atom is -0.388 e. The van der Waals surface area contributed by atoms with Gasteiger partial charge in [-0.05, 0) is 19.9 Å². The van der Waals surface area contributed by atoms with E-state index in [4.69, 9.17) is 4.74 Å². The fraction of sp³-hybridized carbons (Fsp3) is 0.538. The molecular weight excluding hydrogens is 246 g/mol. The molecule has 0 aliphatic carbocycles. The summed E-state index contributed by atoms with van der Waals surface area (Å²) in [4.78, 5) is 12.7. The second kappa shape index (κ2) is 6.94. The van der Waals surface area contributed by atoms with Gasteiger partial charge in [0.15, 0.2) is 0 Å². The molecule has 1 unspecified atom stereocenters. The molecule has 0 fully saturated rings. The van der Waals surface area contributed by atoms with Crippen molar-refractivity contribution in [2.45, 2.75) is 19.9 Å². The summed E-state index contributed by atoms with van der Waals surface area (Å²) < 4.78 is 5.15. The van der Waals surface area contributed by atoms with Gasteiger partial charge in [-0.25, -0.2) is 0 Å². The maximum atomic E-state index is 11.0. The first-order valence-corrected chi connectivity index (χ1v) is 6.26. The average molecular weight is 267 g/mol. The SMILES string of the molecule is CCN(c1cc(NC)cc([N+](=O)[O-])c1)C(C)COC. The molecule has 0 amide bonds. The number of non-ortho nitro benzene ring substituents is 1. The van der Waals surface area contributed by atoms with E-state index in [0.717, 1.165) is 17.9 Å². The Morgan fingerprint density at radius 1 is 1.47 bits per heavy atom. The van der Waals surface area contributed by atoms with Crippen molar-refractivity contribution in [2.24, 2.45) is 0 Å². The Kier molecular flexibility index (Phi) is 5.57. The van der Waals surface area contributed by atoms with E-state index >= 15 is 0 Å². The number of anilines is 2. The second-order valence-electron chi connectivity index (χ2n) is 4.34. The van der Waals surface area contributed by atoms with Gasteiger partial charge >= 0.3 is 0 Å². The minimum absolute atomic E-state index is 0.0879. The van der Waals surface area contributed by atoms with E-state index in [1.807, 2.05) is 19.9 Å². The number of nitrogens with one attached hydrogen (secondary N) is 1. The van der Waals surface area contributed by atoms with Crippen LogP contribution in [-0.2, 0) is 4.74 Å². The predicted octanol–water partition coefficient (Wildman–Crippen LogP) is 2.50. The van der Waals surface area contributed by atoms with Crippen molar-refractivity contribution >= 4 is 17.1 Å². The van der Waals surface area contributed by atoms with E-state index in [9.17, 15) is 10.1 Å². The van der Waals surface area contributed by atoms with Crippen LogP contribution < -0.4 is 10.2 Å². The Labute approximate surface area is 113 Å². The molecule has 0 bridgehead atoms. The highest BCUT2D eigenvalue weighted by Crippen LogP contribution is 2.28. The Morgan fingerprint density at radius 3 is 2.63 bits per heavy atom. The minimum atomic E-state index is -0.376. The van der Waals surface area contributed by atoms with Crippen LogP contribution in [-0.4, -0.2) is 38.3 Å². The molecule has 1 N–H and O–H groups in total. The molecule has 19 heavy (non-hydrogen) atoms. The first-order chi connectivity index (χ1) is 9.03. The number of likely N-dealkylation sites (N-methyl/N-ethyl adjacent to an activating group) is 1. The Hall–Kier alpha value is -1.82. The lowest BCUT2D eigenvalue weighted by molar-refractivity contribution is -0.384. The number of methoxy groups -OCH3 is 1. The van der Waals surface area contributed by atoms with E-state index < -0.39 is 0 Å². The van der Waals surface area contributed by atoms with Gasteiger partial charge in [0.2, 0.25) is 0 Å². The number of benzene rings is 1. The summed E-state index contributed by atoms with van der Waals surface area (Å²) in [6.45, 7) is 5.38. The molecule has 1 aromatic carbocycles. The molecule has 1 rings (SSSR count). The highest BCUT2D eigenvalue weighted by atomic mass is 16.6. The molecule has 106 valence electrons. The molecule has 0 aliphatic rings. The predicted molar refractivity (Wildman–Crippen MR) is 77.0 cm³/mol. The Bertz CT molecular complexity index is 437. The van der Waals surface area contributed by atoms with Gasteiger partial charge < -0.3 is 15.0 Å². The Morgan fingerprint density at radius 2 is 2.16 bits per heavy atom. The summed E-state index contributed by atoms with van der Waals surface area (Å²) in [6.07, 6.45) is 0. The van der Waals surface area contributed by atoms with E-state index in [2.05, 4.69) is 10.2 Å². The van der Waals surface area contributed by atoms with Gasteiger partial charge in [-0.2, -0.15) is 0 Å². The standard InChI is InChI=1S/C13H21N3O3/c1-5-15(10(2)9-19-4)12-6-11(14-3)7-13(8-12)16(17)18/h6-8,10,14H,5,9H2,1-4H3. The molecule has 0 aromatic heterocycles. The van der Waals surface area contributed by atoms with Crippen LogP contribution in [0.4, 0.5) is 17.1 Å². The van der Waals surface area contributed by atoms with Gasteiger partial charge in [0.05, 0.1) is 11.5 Å². The van der Waals surface area contributed by atoms with Crippen LogP contribution in [0.3, 0.4) is 0 Å². The molecule has 6 heteroatoms. The van der Waals surface area contributed by atoms with Crippen molar-refractivity contribution in [1.29, 1.82) is 0 Å². The fourth-order valence-corrected chi connectivity index (χ4v) is 2.09. The van der Waals surface area contributed by atoms with E-state index in [0.29, 0.717) is 6.61 Å². The maximum absolute atomic E-state index is 11.0. The number of hydrogen-bond acceptors (Lipinski definition) is 5. The molecule has 1 aromatic rings. The second-order valence-corrected chi connectivity index (χ2v) is 4.34. The summed E-state index contributed by atoms with van der Waals surface area (Å²) in [5.74, 6) is 0. The lowest BCUT2D eigenvalue weighted by Gasteiger charge is -2.30. The van der Waals surface area contributed by atoms with Crippen LogP contribution in [0.15, 0.2) is 18.2 Å². The van der Waals surface area contributed by atoms with Crippen molar-refractivity contribution in [3.05, 3.63) is 28.3 Å². The third-order valence-electron chi connectivity index (χ3n) is 3.01. The molecule has 0 heterocycles. The largest absolute Gasteiger partial charge is 0.388 e. The van der Waals surface area contributed by atoms with E-state index in [-0.39, 0.29) is 16.7 Å². The van der Waals surface area contributed by atoms with Crippen molar-refractivity contribution < 1.29 is 9.66 Å². The zero-order valence-electron chi connectivity index (χ0n) is 11.8. The molecular formula is C13H21N3O3. The van der Waals surface area contributed by atoms with Crippen LogP contribution in [0, 0.1) is 10.1 Å². The van der Waals surface area contributed by atoms with Crippen molar-refractivity contribution in [1.82, 2.24) is 0 Å². The number of nitro benzene ring substituents is 1. The highest BCUT2D eigenvalue weighted by Gasteiger charge is 2.17. The normalized spacial score (nSPS) is 12.0. The van der Waals surface area contributed by atoms with Gasteiger partial charge in [0.25, 0.3) is 5.69 Å². The molecule has 0 aliphatic heterocycles. The summed E-state index contributed by atoms with van der Waals surface area (Å²) in [7, 11) is 3.40. The van der Waals surface area contributed by atoms with E-state index in [1.54, 1.807) is 20.2 Å². The summed E-state index contributed by atoms with van der Waals surface area (Å²) in [5.41, 5.74) is 1.64. The molecule has 0 saturated heterocycles. The molecule has 0 radical (unpaired) electrons. The van der Waals surface area contributed by atoms with Gasteiger partial charge in [-0.15, -0.1) is 0 Å². The lowest BCUT2D eigenvalue weighted by atomic mass is 10.2. The zero-order chi connectivity index (χ0) is 14.4. The lowest BCUT2D eigenvalue weighted by Crippen LogP contribution is -2.36. The molecule has 1 atom stereocenters. The van der Waals surface area contributed by atoms with Crippen LogP contribution >= 0.6 is 0 Å². The summed E-state index contributed by atoms with van der Waals surface area (Å²) >= 11 is 0. The van der Waals surface area contributed by atoms with Gasteiger partial charge in [0.1, 0.15) is 0 Å². The number of rotatable bonds is 7. The summed E-state index contributed by atoms with van der Waals surface area (Å²) in [6, 6.07) is 5.18. The quantitative estimate of drug-likeness (QED) is 0.607. The number of nitro groups is 1. The number of nitrogens with zero attached hydrogens (tertiary/aromatic N) is 2. The molecule has 0 spiro atoms. The zero-order valence-corrected chi connectivity index (χ0v) is 11.8. The van der Waals surface area contributed by atoms with Crippen molar-refractivity contribution in [2.75, 3.05) is 37.5 Å². The van der Waals surface area contributed by atoms with Gasteiger partial charge in [-0.1, -0.05) is 0 Å². The fourth-order valence-electron chi connectivity index (χ4n) is 2.09. The Balaban J connectivity index is 3.15. The summed E-state index contributed by atoms with van der Waals surface area (Å²) in [5, 5.41) is 13.9. The topological polar surface area (TPSA) is 67.6 Å². The smallest absolute Gasteiger partial charge is 0.273 e. The van der Waals surface area contributed by atoms with E-state index in [1.165, 1.54) is 6.07 Å². The third kappa shape index (κ3) is 3.82. The third-order valence-corrected chi connectivity index (χ3v) is 3.01. The average Bonchev–Trinajstić information content (AvgIpc) is 2.39.